The third kappa shape index (κ3) is 2.99. The molecule has 4 heteroatoms. The maximum Gasteiger partial charge on any atom is 0.162 e. The molecule has 0 amide bonds. The van der Waals surface area contributed by atoms with Crippen LogP contribution in [-0.2, 0) is 4.79 Å². The fraction of sp³-hybridized carbons (Fsp3) is 0.143. The van der Waals surface area contributed by atoms with Crippen molar-refractivity contribution in [3.05, 3.63) is 107 Å². The summed E-state index contributed by atoms with van der Waals surface area (Å²) in [5.74, 6) is 0.503. The van der Waals surface area contributed by atoms with Crippen LogP contribution in [-0.4, -0.2) is 15.9 Å². The number of phenols is 1. The molecule has 0 fully saturated rings. The molecule has 32 heavy (non-hydrogen) atoms. The number of anilines is 1. The van der Waals surface area contributed by atoms with E-state index < -0.39 is 0 Å². The van der Waals surface area contributed by atoms with Crippen molar-refractivity contribution in [1.82, 2.24) is 4.98 Å². The maximum atomic E-state index is 13.7. The summed E-state index contributed by atoms with van der Waals surface area (Å²) in [5.41, 5.74) is 6.99. The lowest BCUT2D eigenvalue weighted by Crippen LogP contribution is -2.29. The number of nitrogens with one attached hydrogen (secondary N) is 1. The van der Waals surface area contributed by atoms with Crippen molar-refractivity contribution in [2.75, 3.05) is 5.32 Å². The number of aromatic hydroxyl groups is 1. The van der Waals surface area contributed by atoms with Crippen molar-refractivity contribution in [1.29, 1.82) is 0 Å². The molecule has 1 aliphatic carbocycles. The Hall–Kier alpha value is -3.92. The molecule has 0 spiro atoms. The van der Waals surface area contributed by atoms with Crippen LogP contribution in [0.1, 0.15) is 41.5 Å². The lowest BCUT2D eigenvalue weighted by atomic mass is 9.72. The number of Topliss-reactive ketones (excluding diaryl/α,β-unsaturated/α-hetero) is 1. The van der Waals surface area contributed by atoms with Gasteiger partial charge in [-0.2, -0.15) is 0 Å². The molecule has 1 aromatic heterocycles. The van der Waals surface area contributed by atoms with E-state index in [0.29, 0.717) is 6.42 Å². The number of fused-ring (bicyclic) bond motifs is 4. The minimum Gasteiger partial charge on any atom is -0.508 e. The molecule has 3 aromatic carbocycles. The van der Waals surface area contributed by atoms with Gasteiger partial charge in [-0.15, -0.1) is 0 Å². The largest absolute Gasteiger partial charge is 0.508 e. The number of nitrogens with zero attached hydrogens (tertiary/aromatic N) is 1. The summed E-state index contributed by atoms with van der Waals surface area (Å²) >= 11 is 0. The normalized spacial score (nSPS) is 19.9. The van der Waals surface area contributed by atoms with E-state index in [0.717, 1.165) is 45.3 Å². The monoisotopic (exact) mass is 418 g/mol. The zero-order valence-corrected chi connectivity index (χ0v) is 17.5. The molecule has 0 saturated carbocycles. The molecule has 4 aromatic rings. The van der Waals surface area contributed by atoms with Crippen LogP contribution in [0.5, 0.6) is 5.75 Å². The van der Waals surface area contributed by atoms with Gasteiger partial charge in [0.2, 0.25) is 0 Å². The first-order valence-electron chi connectivity index (χ1n) is 10.9. The van der Waals surface area contributed by atoms with Gasteiger partial charge in [-0.05, 0) is 59.4 Å². The SMILES string of the molecule is O=C1C[C@@H](c2ccccc2)CC2=C1[C@H](c1cccc(O)c1)Nc1ccc3ncccc3c12. The van der Waals surface area contributed by atoms with Gasteiger partial charge in [0.1, 0.15) is 5.75 Å². The van der Waals surface area contributed by atoms with Crippen molar-refractivity contribution in [3.63, 3.8) is 0 Å². The van der Waals surface area contributed by atoms with Gasteiger partial charge in [0, 0.05) is 34.8 Å². The van der Waals surface area contributed by atoms with E-state index in [4.69, 9.17) is 0 Å². The molecule has 4 nitrogen and oxygen atoms in total. The van der Waals surface area contributed by atoms with E-state index in [9.17, 15) is 9.90 Å². The van der Waals surface area contributed by atoms with Crippen LogP contribution >= 0.6 is 0 Å². The number of rotatable bonds is 2. The molecule has 2 atom stereocenters. The lowest BCUT2D eigenvalue weighted by molar-refractivity contribution is -0.116. The van der Waals surface area contributed by atoms with Crippen molar-refractivity contribution < 1.29 is 9.90 Å². The second kappa shape index (κ2) is 7.34. The van der Waals surface area contributed by atoms with Crippen LogP contribution in [0, 0.1) is 0 Å². The second-order valence-corrected chi connectivity index (χ2v) is 8.56. The lowest BCUT2D eigenvalue weighted by Gasteiger charge is -2.37. The Morgan fingerprint density at radius 2 is 1.72 bits per heavy atom. The van der Waals surface area contributed by atoms with E-state index in [2.05, 4.69) is 34.6 Å². The Bertz CT molecular complexity index is 1390. The predicted octanol–water partition coefficient (Wildman–Crippen LogP) is 6.01. The number of ketones is 1. The third-order valence-electron chi connectivity index (χ3n) is 6.66. The highest BCUT2D eigenvalue weighted by Crippen LogP contribution is 2.50. The number of allylic oxidation sites excluding steroid dienone is 1. The summed E-state index contributed by atoms with van der Waals surface area (Å²) in [7, 11) is 0. The number of hydrogen-bond acceptors (Lipinski definition) is 4. The van der Waals surface area contributed by atoms with Crippen LogP contribution in [0.25, 0.3) is 16.5 Å². The van der Waals surface area contributed by atoms with Gasteiger partial charge in [-0.1, -0.05) is 48.5 Å². The number of pyridine rings is 1. The highest BCUT2D eigenvalue weighted by atomic mass is 16.3. The first-order chi connectivity index (χ1) is 15.7. The van der Waals surface area contributed by atoms with E-state index in [1.807, 2.05) is 42.5 Å². The summed E-state index contributed by atoms with van der Waals surface area (Å²) in [6.07, 6.45) is 3.08. The van der Waals surface area contributed by atoms with Gasteiger partial charge in [-0.3, -0.25) is 9.78 Å². The van der Waals surface area contributed by atoms with Gasteiger partial charge in [0.25, 0.3) is 0 Å². The molecule has 156 valence electrons. The molecule has 0 bridgehead atoms. The van der Waals surface area contributed by atoms with E-state index in [-0.39, 0.29) is 23.5 Å². The first kappa shape index (κ1) is 18.8. The number of carbonyl (C=O) groups is 1. The van der Waals surface area contributed by atoms with Crippen molar-refractivity contribution in [2.24, 2.45) is 0 Å². The highest BCUT2D eigenvalue weighted by molar-refractivity contribution is 6.12. The highest BCUT2D eigenvalue weighted by Gasteiger charge is 2.38. The average Bonchev–Trinajstić information content (AvgIpc) is 2.83. The Balaban J connectivity index is 1.59. The molecule has 1 aliphatic heterocycles. The standard InChI is InChI=1S/C28H22N2O2/c31-20-9-4-8-18(14-20)28-27-22(15-19(16-25(27)32)17-6-2-1-3-7-17)26-21-10-5-13-29-23(21)11-12-24(26)30-28/h1-14,19,28,30-31H,15-16H2/t19-,28-/m0/s1. The molecule has 2 N–H and O–H groups in total. The van der Waals surface area contributed by atoms with Crippen LogP contribution in [0.15, 0.2) is 90.6 Å². The summed E-state index contributed by atoms with van der Waals surface area (Å²) in [6, 6.07) is 25.3. The summed E-state index contributed by atoms with van der Waals surface area (Å²) in [6.45, 7) is 0. The molecular formula is C28H22N2O2. The minimum absolute atomic E-state index is 0.144. The minimum atomic E-state index is -0.289. The number of carbonyl (C=O) groups excluding carboxylic acids is 1. The number of benzene rings is 3. The number of phenolic OH excluding ortho intramolecular Hbond substituents is 1. The Morgan fingerprint density at radius 1 is 0.875 bits per heavy atom. The summed E-state index contributed by atoms with van der Waals surface area (Å²) in [4.78, 5) is 18.2. The molecule has 6 rings (SSSR count). The van der Waals surface area contributed by atoms with Gasteiger partial charge in [-0.25, -0.2) is 0 Å². The van der Waals surface area contributed by atoms with Crippen LogP contribution in [0.4, 0.5) is 5.69 Å². The maximum absolute atomic E-state index is 13.7. The van der Waals surface area contributed by atoms with E-state index in [1.54, 1.807) is 18.3 Å². The second-order valence-electron chi connectivity index (χ2n) is 8.56. The van der Waals surface area contributed by atoms with Crippen molar-refractivity contribution in [3.8, 4) is 5.75 Å². The third-order valence-corrected chi connectivity index (χ3v) is 6.66. The summed E-state index contributed by atoms with van der Waals surface area (Å²) in [5, 5.41) is 14.8. The fourth-order valence-electron chi connectivity index (χ4n) is 5.24. The van der Waals surface area contributed by atoms with Gasteiger partial charge >= 0.3 is 0 Å². The molecule has 0 saturated heterocycles. The smallest absolute Gasteiger partial charge is 0.162 e. The molecule has 2 heterocycles. The molecular weight excluding hydrogens is 396 g/mol. The van der Waals surface area contributed by atoms with Crippen molar-refractivity contribution >= 4 is 27.9 Å². The first-order valence-corrected chi connectivity index (χ1v) is 10.9. The number of hydrogen-bond donors (Lipinski definition) is 2. The Kier molecular flexibility index (Phi) is 4.32. The van der Waals surface area contributed by atoms with Gasteiger partial charge in [0.15, 0.2) is 5.78 Å². The quantitative estimate of drug-likeness (QED) is 0.419. The number of aromatic nitrogens is 1. The average molecular weight is 418 g/mol. The van der Waals surface area contributed by atoms with Crippen LogP contribution < -0.4 is 5.32 Å². The van der Waals surface area contributed by atoms with Crippen molar-refractivity contribution in [2.45, 2.75) is 24.8 Å². The topological polar surface area (TPSA) is 62.2 Å². The Labute approximate surface area is 186 Å². The summed E-state index contributed by atoms with van der Waals surface area (Å²) < 4.78 is 0. The molecule has 2 aliphatic rings. The fourth-order valence-corrected chi connectivity index (χ4v) is 5.24. The molecule has 0 unspecified atom stereocenters. The molecule has 0 radical (unpaired) electrons. The zero-order valence-electron chi connectivity index (χ0n) is 17.5. The van der Waals surface area contributed by atoms with Gasteiger partial charge in [0.05, 0.1) is 11.6 Å². The van der Waals surface area contributed by atoms with E-state index >= 15 is 0 Å². The van der Waals surface area contributed by atoms with E-state index in [1.165, 1.54) is 5.56 Å². The Morgan fingerprint density at radius 3 is 2.56 bits per heavy atom. The zero-order chi connectivity index (χ0) is 21.7. The van der Waals surface area contributed by atoms with Crippen LogP contribution in [0.3, 0.4) is 0 Å². The van der Waals surface area contributed by atoms with Gasteiger partial charge < -0.3 is 10.4 Å². The van der Waals surface area contributed by atoms with Crippen LogP contribution in [0.2, 0.25) is 0 Å². The predicted molar refractivity (Wildman–Crippen MR) is 127 cm³/mol.